The fourth-order valence-corrected chi connectivity index (χ4v) is 1.25. The number of nitrogens with one attached hydrogen (secondary N) is 1. The highest BCUT2D eigenvalue weighted by Gasteiger charge is 2.25. The topological polar surface area (TPSA) is 55.4 Å². The molecule has 0 aromatic heterocycles. The van der Waals surface area contributed by atoms with Crippen molar-refractivity contribution in [2.75, 3.05) is 6.54 Å². The molecule has 0 aromatic carbocycles. The minimum Gasteiger partial charge on any atom is -0.453 e. The fraction of sp³-hybridized carbons (Fsp3) is 0.750. The maximum Gasteiger partial charge on any atom is 0.323 e. The summed E-state index contributed by atoms with van der Waals surface area (Å²) in [6.45, 7) is 2.35. The van der Waals surface area contributed by atoms with Gasteiger partial charge in [0.05, 0.1) is 0 Å². The van der Waals surface area contributed by atoms with Crippen molar-refractivity contribution in [3.05, 3.63) is 0 Å². The van der Waals surface area contributed by atoms with Gasteiger partial charge in [0.2, 0.25) is 5.12 Å². The molecule has 2 unspecified atom stereocenters. The van der Waals surface area contributed by atoms with Gasteiger partial charge < -0.3 is 10.1 Å². The van der Waals surface area contributed by atoms with E-state index in [1.165, 1.54) is 6.92 Å². The molecule has 1 fully saturated rings. The molecule has 0 aromatic rings. The van der Waals surface area contributed by atoms with Crippen LogP contribution >= 0.6 is 12.6 Å². The van der Waals surface area contributed by atoms with Gasteiger partial charge in [0.25, 0.3) is 0 Å². The predicted octanol–water partition coefficient (Wildman–Crippen LogP) is 0.126. The van der Waals surface area contributed by atoms with Crippen LogP contribution in [0.3, 0.4) is 0 Å². The molecule has 1 saturated heterocycles. The van der Waals surface area contributed by atoms with Crippen LogP contribution in [0.2, 0.25) is 0 Å². The lowest BCUT2D eigenvalue weighted by Gasteiger charge is -2.13. The molecule has 0 amide bonds. The lowest BCUT2D eigenvalue weighted by molar-refractivity contribution is -0.153. The van der Waals surface area contributed by atoms with Gasteiger partial charge in [-0.15, -0.1) is 12.6 Å². The van der Waals surface area contributed by atoms with Crippen LogP contribution in [0.4, 0.5) is 0 Å². The largest absolute Gasteiger partial charge is 0.453 e. The van der Waals surface area contributed by atoms with Gasteiger partial charge in [0.15, 0.2) is 6.10 Å². The summed E-state index contributed by atoms with van der Waals surface area (Å²) in [4.78, 5) is 21.9. The van der Waals surface area contributed by atoms with Crippen LogP contribution in [0, 0.1) is 0 Å². The molecule has 1 heterocycles. The molecule has 0 saturated carbocycles. The van der Waals surface area contributed by atoms with Gasteiger partial charge in [0, 0.05) is 0 Å². The van der Waals surface area contributed by atoms with E-state index in [-0.39, 0.29) is 12.0 Å². The van der Waals surface area contributed by atoms with Crippen LogP contribution < -0.4 is 5.32 Å². The second-order valence-electron chi connectivity index (χ2n) is 3.07. The molecular formula is C8H13NO3S. The van der Waals surface area contributed by atoms with Crippen molar-refractivity contribution in [1.82, 2.24) is 5.32 Å². The first-order chi connectivity index (χ1) is 6.11. The van der Waals surface area contributed by atoms with Crippen molar-refractivity contribution < 1.29 is 14.3 Å². The summed E-state index contributed by atoms with van der Waals surface area (Å²) in [5, 5.41) is 2.57. The average molecular weight is 203 g/mol. The molecule has 0 radical (unpaired) electrons. The number of esters is 1. The van der Waals surface area contributed by atoms with Crippen LogP contribution in [-0.4, -0.2) is 29.8 Å². The van der Waals surface area contributed by atoms with Crippen LogP contribution in [0.25, 0.3) is 0 Å². The summed E-state index contributed by atoms with van der Waals surface area (Å²) in [7, 11) is 0. The van der Waals surface area contributed by atoms with Crippen molar-refractivity contribution in [2.45, 2.75) is 31.9 Å². The molecule has 0 aliphatic carbocycles. The minimum absolute atomic E-state index is 0.241. The zero-order valence-corrected chi connectivity index (χ0v) is 8.34. The third-order valence-corrected chi connectivity index (χ3v) is 2.35. The highest BCUT2D eigenvalue weighted by atomic mass is 32.1. The van der Waals surface area contributed by atoms with Crippen molar-refractivity contribution in [2.24, 2.45) is 0 Å². The summed E-state index contributed by atoms with van der Waals surface area (Å²) >= 11 is 3.57. The van der Waals surface area contributed by atoms with Gasteiger partial charge in [-0.3, -0.25) is 9.59 Å². The Morgan fingerprint density at radius 1 is 1.62 bits per heavy atom. The SMILES string of the molecule is CC(OC(=O)C1CCCN1)C(=O)S. The minimum atomic E-state index is -0.752. The van der Waals surface area contributed by atoms with E-state index in [0.717, 1.165) is 19.4 Å². The smallest absolute Gasteiger partial charge is 0.323 e. The second kappa shape index (κ2) is 4.62. The second-order valence-corrected chi connectivity index (χ2v) is 3.51. The number of rotatable bonds is 3. The lowest BCUT2D eigenvalue weighted by atomic mass is 10.2. The van der Waals surface area contributed by atoms with Gasteiger partial charge in [-0.05, 0) is 26.3 Å². The van der Waals surface area contributed by atoms with Crippen LogP contribution in [0.5, 0.6) is 0 Å². The first-order valence-electron chi connectivity index (χ1n) is 4.28. The van der Waals surface area contributed by atoms with E-state index in [1.54, 1.807) is 0 Å². The van der Waals surface area contributed by atoms with Crippen LogP contribution in [0.15, 0.2) is 0 Å². The summed E-state index contributed by atoms with van der Waals surface area (Å²) in [5.41, 5.74) is 0. The lowest BCUT2D eigenvalue weighted by Crippen LogP contribution is -2.35. The zero-order chi connectivity index (χ0) is 9.84. The average Bonchev–Trinajstić information content (AvgIpc) is 2.55. The Bertz CT molecular complexity index is 213. The summed E-state index contributed by atoms with van der Waals surface area (Å²) in [5.74, 6) is -0.354. The standard InChI is InChI=1S/C8H13NO3S/c1-5(8(11)13)12-7(10)6-3-2-4-9-6/h5-6,9H,2-4H2,1H3,(H,11,13). The Hall–Kier alpha value is -0.550. The van der Waals surface area contributed by atoms with Gasteiger partial charge in [-0.25, -0.2) is 0 Å². The molecule has 2 atom stereocenters. The summed E-state index contributed by atoms with van der Waals surface area (Å²) < 4.78 is 4.87. The molecule has 5 heteroatoms. The highest BCUT2D eigenvalue weighted by molar-refractivity contribution is 7.96. The molecule has 0 spiro atoms. The molecule has 74 valence electrons. The summed E-state index contributed by atoms with van der Waals surface area (Å²) in [6, 6.07) is -0.241. The molecular weight excluding hydrogens is 190 g/mol. The molecule has 1 aliphatic heterocycles. The molecule has 0 bridgehead atoms. The highest BCUT2D eigenvalue weighted by Crippen LogP contribution is 2.08. The molecule has 1 aliphatic rings. The fourth-order valence-electron chi connectivity index (χ4n) is 1.19. The predicted molar refractivity (Wildman–Crippen MR) is 50.6 cm³/mol. The number of hydrogen-bond acceptors (Lipinski definition) is 4. The number of ether oxygens (including phenoxy) is 1. The first kappa shape index (κ1) is 10.5. The monoisotopic (exact) mass is 203 g/mol. The van der Waals surface area contributed by atoms with Crippen molar-refractivity contribution in [3.8, 4) is 0 Å². The van der Waals surface area contributed by atoms with E-state index in [0.29, 0.717) is 0 Å². The maximum atomic E-state index is 11.3. The molecule has 1 rings (SSSR count). The number of thiol groups is 1. The third-order valence-electron chi connectivity index (χ3n) is 1.99. The van der Waals surface area contributed by atoms with E-state index in [2.05, 4.69) is 17.9 Å². The molecule has 13 heavy (non-hydrogen) atoms. The Kier molecular flexibility index (Phi) is 3.74. The normalized spacial score (nSPS) is 24.0. The van der Waals surface area contributed by atoms with E-state index in [1.807, 2.05) is 0 Å². The van der Waals surface area contributed by atoms with Crippen LogP contribution in [-0.2, 0) is 14.3 Å². The van der Waals surface area contributed by atoms with Gasteiger partial charge >= 0.3 is 5.97 Å². The van der Waals surface area contributed by atoms with Crippen molar-refractivity contribution >= 4 is 23.7 Å². The maximum absolute atomic E-state index is 11.3. The Morgan fingerprint density at radius 3 is 2.77 bits per heavy atom. The van der Waals surface area contributed by atoms with Crippen LogP contribution in [0.1, 0.15) is 19.8 Å². The quantitative estimate of drug-likeness (QED) is 0.505. The van der Waals surface area contributed by atoms with E-state index in [9.17, 15) is 9.59 Å². The number of carbonyl (C=O) groups is 2. The molecule has 4 nitrogen and oxygen atoms in total. The Morgan fingerprint density at radius 2 is 2.31 bits per heavy atom. The van der Waals surface area contributed by atoms with Gasteiger partial charge in [-0.2, -0.15) is 0 Å². The Labute approximate surface area is 82.4 Å². The third kappa shape index (κ3) is 3.00. The number of carbonyl (C=O) groups excluding carboxylic acids is 2. The van der Waals surface area contributed by atoms with E-state index < -0.39 is 11.2 Å². The van der Waals surface area contributed by atoms with E-state index >= 15 is 0 Å². The van der Waals surface area contributed by atoms with Gasteiger partial charge in [-0.1, -0.05) is 0 Å². The van der Waals surface area contributed by atoms with Crippen molar-refractivity contribution in [1.29, 1.82) is 0 Å². The van der Waals surface area contributed by atoms with Gasteiger partial charge in [0.1, 0.15) is 6.04 Å². The summed E-state index contributed by atoms with van der Waals surface area (Å²) in [6.07, 6.45) is 1.01. The zero-order valence-electron chi connectivity index (χ0n) is 7.45. The Balaban J connectivity index is 2.35. The first-order valence-corrected chi connectivity index (χ1v) is 4.72. The van der Waals surface area contributed by atoms with E-state index in [4.69, 9.17) is 4.74 Å². The van der Waals surface area contributed by atoms with Crippen molar-refractivity contribution in [3.63, 3.8) is 0 Å². The number of hydrogen-bond donors (Lipinski definition) is 2. The molecule has 1 N–H and O–H groups in total.